The molecule has 0 aromatic carbocycles. The second-order valence-electron chi connectivity index (χ2n) is 9.35. The van der Waals surface area contributed by atoms with Gasteiger partial charge in [-0.05, 0) is 68.0 Å². The van der Waals surface area contributed by atoms with Crippen LogP contribution in [0, 0.1) is 17.3 Å². The monoisotopic (exact) mass is 312 g/mol. The maximum atomic E-state index is 10.2. The average Bonchev–Trinajstić information content (AvgIpc) is 2.65. The first-order chi connectivity index (χ1) is 9.49. The minimum absolute atomic E-state index is 0.174. The molecular weight excluding hydrogens is 276 g/mol. The van der Waals surface area contributed by atoms with Crippen LogP contribution in [-0.4, -0.2) is 25.6 Å². The summed E-state index contributed by atoms with van der Waals surface area (Å²) in [6.45, 7) is 16.1. The summed E-state index contributed by atoms with van der Waals surface area (Å²) in [4.78, 5) is 0. The van der Waals surface area contributed by atoms with Gasteiger partial charge in [0.1, 0.15) is 0 Å². The van der Waals surface area contributed by atoms with Crippen molar-refractivity contribution in [2.75, 3.05) is 0 Å². The molecule has 0 amide bonds. The second-order valence-corrected chi connectivity index (χ2v) is 14.1. The van der Waals surface area contributed by atoms with Crippen molar-refractivity contribution in [1.29, 1.82) is 0 Å². The molecule has 2 fully saturated rings. The summed E-state index contributed by atoms with van der Waals surface area (Å²) in [5.41, 5.74) is 0.291. The lowest BCUT2D eigenvalue weighted by Crippen LogP contribution is -2.50. The molecule has 2 saturated carbocycles. The van der Waals surface area contributed by atoms with Crippen molar-refractivity contribution in [1.82, 2.24) is 0 Å². The third-order valence-corrected chi connectivity index (χ3v) is 11.5. The van der Waals surface area contributed by atoms with E-state index < -0.39 is 8.32 Å². The fraction of sp³-hybridized carbons (Fsp3) is 1.00. The molecule has 0 aromatic heterocycles. The molecule has 0 spiro atoms. The van der Waals surface area contributed by atoms with Gasteiger partial charge in [-0.1, -0.05) is 34.1 Å². The summed E-state index contributed by atoms with van der Waals surface area (Å²) in [6, 6.07) is 0. The van der Waals surface area contributed by atoms with Crippen molar-refractivity contribution in [2.45, 2.75) is 97.1 Å². The summed E-state index contributed by atoms with van der Waals surface area (Å²) in [5.74, 6) is 1.12. The molecule has 2 rings (SSSR count). The van der Waals surface area contributed by atoms with Gasteiger partial charge in [-0.3, -0.25) is 0 Å². The van der Waals surface area contributed by atoms with E-state index in [4.69, 9.17) is 4.43 Å². The first kappa shape index (κ1) is 17.5. The largest absolute Gasteiger partial charge is 0.414 e. The number of hydrogen-bond donors (Lipinski definition) is 1. The fourth-order valence-electron chi connectivity index (χ4n) is 4.65. The van der Waals surface area contributed by atoms with Gasteiger partial charge in [0, 0.05) is 6.10 Å². The molecule has 0 radical (unpaired) electrons. The molecule has 0 aromatic rings. The highest BCUT2D eigenvalue weighted by molar-refractivity contribution is 6.74. The van der Waals surface area contributed by atoms with Crippen LogP contribution in [0.2, 0.25) is 18.1 Å². The Morgan fingerprint density at radius 3 is 2.33 bits per heavy atom. The lowest BCUT2D eigenvalue weighted by Gasteiger charge is -2.49. The highest BCUT2D eigenvalue weighted by atomic mass is 28.4. The van der Waals surface area contributed by atoms with E-state index in [1.54, 1.807) is 0 Å². The predicted molar refractivity (Wildman–Crippen MR) is 91.9 cm³/mol. The van der Waals surface area contributed by atoms with Gasteiger partial charge >= 0.3 is 0 Å². The molecule has 0 saturated heterocycles. The Hall–Kier alpha value is 0.137. The number of aliphatic hydroxyl groups excluding tert-OH is 1. The van der Waals surface area contributed by atoms with Crippen LogP contribution in [0.1, 0.15) is 66.7 Å². The first-order valence-electron chi connectivity index (χ1n) is 8.85. The Balaban J connectivity index is 2.17. The molecule has 1 unspecified atom stereocenters. The maximum absolute atomic E-state index is 10.2. The van der Waals surface area contributed by atoms with E-state index in [9.17, 15) is 5.11 Å². The Kier molecular flexibility index (Phi) is 4.70. The molecule has 2 aliphatic rings. The van der Waals surface area contributed by atoms with E-state index in [0.717, 1.165) is 0 Å². The van der Waals surface area contributed by atoms with Gasteiger partial charge in [0.25, 0.3) is 0 Å². The SMILES string of the molecule is C[C@@H](O)[C@H]1CC[C@H]2C(O[Si](C)(C)C(C)(C)C)CCC[C@]12C. The van der Waals surface area contributed by atoms with E-state index in [2.05, 4.69) is 40.8 Å². The minimum Gasteiger partial charge on any atom is -0.414 e. The maximum Gasteiger partial charge on any atom is 0.192 e. The van der Waals surface area contributed by atoms with Crippen molar-refractivity contribution in [3.63, 3.8) is 0 Å². The summed E-state index contributed by atoms with van der Waals surface area (Å²) < 4.78 is 6.81. The van der Waals surface area contributed by atoms with Crippen LogP contribution >= 0.6 is 0 Å². The molecule has 5 atom stereocenters. The van der Waals surface area contributed by atoms with Gasteiger partial charge in [0.15, 0.2) is 8.32 Å². The third-order valence-electron chi connectivity index (χ3n) is 6.97. The second kappa shape index (κ2) is 5.65. The van der Waals surface area contributed by atoms with Gasteiger partial charge in [-0.25, -0.2) is 0 Å². The topological polar surface area (TPSA) is 29.5 Å². The van der Waals surface area contributed by atoms with E-state index in [-0.39, 0.29) is 11.1 Å². The highest BCUT2D eigenvalue weighted by Gasteiger charge is 2.54. The van der Waals surface area contributed by atoms with Gasteiger partial charge in [0.2, 0.25) is 0 Å². The Morgan fingerprint density at radius 1 is 1.19 bits per heavy atom. The van der Waals surface area contributed by atoms with Gasteiger partial charge < -0.3 is 9.53 Å². The van der Waals surface area contributed by atoms with Crippen molar-refractivity contribution < 1.29 is 9.53 Å². The van der Waals surface area contributed by atoms with Gasteiger partial charge in [-0.2, -0.15) is 0 Å². The van der Waals surface area contributed by atoms with Gasteiger partial charge in [-0.15, -0.1) is 0 Å². The van der Waals surface area contributed by atoms with Crippen molar-refractivity contribution >= 4 is 8.32 Å². The number of fused-ring (bicyclic) bond motifs is 1. The smallest absolute Gasteiger partial charge is 0.192 e. The zero-order chi connectivity index (χ0) is 16.1. The molecule has 0 bridgehead atoms. The average molecular weight is 313 g/mol. The number of rotatable bonds is 3. The van der Waals surface area contributed by atoms with Crippen LogP contribution < -0.4 is 0 Å². The Bertz CT molecular complexity index is 372. The molecule has 2 aliphatic carbocycles. The summed E-state index contributed by atoms with van der Waals surface area (Å²) >= 11 is 0. The molecule has 2 nitrogen and oxygen atoms in total. The van der Waals surface area contributed by atoms with E-state index in [1.165, 1.54) is 32.1 Å². The number of hydrogen-bond acceptors (Lipinski definition) is 2. The summed E-state index contributed by atoms with van der Waals surface area (Å²) in [5, 5.41) is 10.5. The lowest BCUT2D eigenvalue weighted by atomic mass is 9.63. The Labute approximate surface area is 132 Å². The third kappa shape index (κ3) is 3.11. The molecular formula is C18H36O2Si. The molecule has 3 heteroatoms. The van der Waals surface area contributed by atoms with Crippen LogP contribution in [-0.2, 0) is 4.43 Å². The molecule has 21 heavy (non-hydrogen) atoms. The quantitative estimate of drug-likeness (QED) is 0.745. The van der Waals surface area contributed by atoms with E-state index in [0.29, 0.717) is 23.4 Å². The number of aliphatic hydroxyl groups is 1. The van der Waals surface area contributed by atoms with Crippen molar-refractivity contribution in [2.24, 2.45) is 17.3 Å². The normalized spacial score (nSPS) is 39.1. The van der Waals surface area contributed by atoms with Crippen molar-refractivity contribution in [3.8, 4) is 0 Å². The van der Waals surface area contributed by atoms with E-state index in [1.807, 2.05) is 6.92 Å². The van der Waals surface area contributed by atoms with Crippen LogP contribution in [0.3, 0.4) is 0 Å². The van der Waals surface area contributed by atoms with Crippen LogP contribution in [0.25, 0.3) is 0 Å². The van der Waals surface area contributed by atoms with Crippen molar-refractivity contribution in [3.05, 3.63) is 0 Å². The zero-order valence-corrected chi connectivity index (χ0v) is 16.2. The van der Waals surface area contributed by atoms with Crippen LogP contribution in [0.4, 0.5) is 0 Å². The minimum atomic E-state index is -1.70. The predicted octanol–water partition coefficient (Wildman–Crippen LogP) is 4.97. The van der Waals surface area contributed by atoms with Crippen LogP contribution in [0.15, 0.2) is 0 Å². The fourth-order valence-corrected chi connectivity index (χ4v) is 6.04. The van der Waals surface area contributed by atoms with E-state index >= 15 is 0 Å². The zero-order valence-electron chi connectivity index (χ0n) is 15.2. The first-order valence-corrected chi connectivity index (χ1v) is 11.8. The van der Waals surface area contributed by atoms with Crippen LogP contribution in [0.5, 0.6) is 0 Å². The molecule has 1 N–H and O–H groups in total. The molecule has 124 valence electrons. The molecule has 0 heterocycles. The summed E-state index contributed by atoms with van der Waals surface area (Å²) in [6.07, 6.45) is 6.42. The standard InChI is InChI=1S/C18H36O2Si/c1-13(19)14-10-11-15-16(9-8-12-18(14,15)5)20-21(6,7)17(2,3)4/h13-16,19H,8-12H2,1-7H3/t13-,14-,15+,16?,18-/m1/s1. The highest BCUT2D eigenvalue weighted by Crippen LogP contribution is 2.58. The lowest BCUT2D eigenvalue weighted by molar-refractivity contribution is -0.0384. The van der Waals surface area contributed by atoms with Gasteiger partial charge in [0.05, 0.1) is 6.10 Å². The summed E-state index contributed by atoms with van der Waals surface area (Å²) in [7, 11) is -1.70. The molecule has 0 aliphatic heterocycles. The Morgan fingerprint density at radius 2 is 1.81 bits per heavy atom.